The molecule has 0 fully saturated rings. The summed E-state index contributed by atoms with van der Waals surface area (Å²) in [5.74, 6) is 1.32. The van der Waals surface area contributed by atoms with E-state index in [1.807, 2.05) is 48.7 Å². The Morgan fingerprint density at radius 3 is 2.70 bits per heavy atom. The van der Waals surface area contributed by atoms with Crippen LogP contribution in [0.15, 0.2) is 48.7 Å². The van der Waals surface area contributed by atoms with Crippen LogP contribution in [0.25, 0.3) is 10.9 Å². The molecule has 0 aliphatic heterocycles. The molecule has 0 aliphatic carbocycles. The number of rotatable bonds is 3. The molecule has 0 amide bonds. The Bertz CT molecular complexity index is 787. The lowest BCUT2D eigenvalue weighted by molar-refractivity contribution is 0.483. The second-order valence-corrected chi connectivity index (χ2v) is 4.74. The molecule has 0 saturated carbocycles. The topological polar surface area (TPSA) is 48.8 Å². The van der Waals surface area contributed by atoms with E-state index in [4.69, 9.17) is 21.6 Å². The molecule has 0 atom stereocenters. The number of fused-ring (bicyclic) bond motifs is 1. The van der Waals surface area contributed by atoms with E-state index < -0.39 is 0 Å². The van der Waals surface area contributed by atoms with Gasteiger partial charge in [0.2, 0.25) is 0 Å². The minimum atomic E-state index is 0.314. The number of halogens is 1. The van der Waals surface area contributed by atoms with Gasteiger partial charge in [-0.15, -0.1) is 0 Å². The molecule has 0 radical (unpaired) electrons. The number of nitrogens with zero attached hydrogens (tertiary/aromatic N) is 1. The van der Waals surface area contributed by atoms with E-state index in [9.17, 15) is 0 Å². The van der Waals surface area contributed by atoms with E-state index in [0.29, 0.717) is 17.2 Å². The molecule has 20 heavy (non-hydrogen) atoms. The third-order valence-electron chi connectivity index (χ3n) is 3.07. The highest BCUT2D eigenvalue weighted by Crippen LogP contribution is 2.37. The molecule has 0 saturated heterocycles. The van der Waals surface area contributed by atoms with Crippen molar-refractivity contribution in [3.8, 4) is 17.6 Å². The highest BCUT2D eigenvalue weighted by Gasteiger charge is 2.12. The van der Waals surface area contributed by atoms with Crippen LogP contribution in [0.1, 0.15) is 5.56 Å². The van der Waals surface area contributed by atoms with E-state index in [1.54, 1.807) is 0 Å². The summed E-state index contributed by atoms with van der Waals surface area (Å²) in [5.41, 5.74) is 1.78. The molecule has 3 rings (SSSR count). The molecule has 2 aromatic carbocycles. The highest BCUT2D eigenvalue weighted by atomic mass is 35.5. The zero-order chi connectivity index (χ0) is 13.9. The van der Waals surface area contributed by atoms with E-state index in [0.717, 1.165) is 22.2 Å². The van der Waals surface area contributed by atoms with Crippen LogP contribution >= 0.6 is 11.6 Å². The van der Waals surface area contributed by atoms with Crippen LogP contribution < -0.4 is 4.74 Å². The molecule has 0 aliphatic rings. The predicted molar refractivity (Wildman–Crippen MR) is 79.1 cm³/mol. The summed E-state index contributed by atoms with van der Waals surface area (Å²) in [6.45, 7) is 0. The Labute approximate surface area is 121 Å². The van der Waals surface area contributed by atoms with Gasteiger partial charge in [0, 0.05) is 17.1 Å². The molecule has 1 N–H and O–H groups in total. The second kappa shape index (κ2) is 5.28. The fourth-order valence-corrected chi connectivity index (χ4v) is 2.47. The average molecular weight is 283 g/mol. The van der Waals surface area contributed by atoms with Crippen molar-refractivity contribution >= 4 is 22.5 Å². The van der Waals surface area contributed by atoms with Gasteiger partial charge in [-0.1, -0.05) is 29.8 Å². The summed E-state index contributed by atoms with van der Waals surface area (Å²) in [7, 11) is 0. The van der Waals surface area contributed by atoms with Gasteiger partial charge in [0.15, 0.2) is 0 Å². The quantitative estimate of drug-likeness (QED) is 0.758. The maximum Gasteiger partial charge on any atom is 0.146 e. The molecule has 3 aromatic rings. The van der Waals surface area contributed by atoms with Gasteiger partial charge in [0.25, 0.3) is 0 Å². The van der Waals surface area contributed by atoms with E-state index in [-0.39, 0.29) is 0 Å². The number of aromatic amines is 1. The van der Waals surface area contributed by atoms with Crippen molar-refractivity contribution in [2.75, 3.05) is 0 Å². The first-order valence-electron chi connectivity index (χ1n) is 6.18. The minimum Gasteiger partial charge on any atom is -0.456 e. The Morgan fingerprint density at radius 2 is 1.95 bits per heavy atom. The number of hydrogen-bond donors (Lipinski definition) is 1. The van der Waals surface area contributed by atoms with Crippen LogP contribution in [0.4, 0.5) is 0 Å². The lowest BCUT2D eigenvalue weighted by Crippen LogP contribution is -1.87. The monoisotopic (exact) mass is 282 g/mol. The van der Waals surface area contributed by atoms with Gasteiger partial charge < -0.3 is 9.72 Å². The van der Waals surface area contributed by atoms with Crippen LogP contribution in [0.2, 0.25) is 5.02 Å². The molecule has 3 nitrogen and oxygen atoms in total. The van der Waals surface area contributed by atoms with Crippen LogP contribution in [-0.2, 0) is 6.42 Å². The molecular formula is C16H11ClN2O. The number of aromatic nitrogens is 1. The Hall–Kier alpha value is -2.44. The number of nitriles is 1. The normalized spacial score (nSPS) is 10.4. The predicted octanol–water partition coefficient (Wildman–Crippen LogP) is 4.68. The number of hydrogen-bond acceptors (Lipinski definition) is 2. The maximum atomic E-state index is 8.85. The van der Waals surface area contributed by atoms with Gasteiger partial charge in [-0.25, -0.2) is 0 Å². The molecular weight excluding hydrogens is 272 g/mol. The molecule has 0 spiro atoms. The van der Waals surface area contributed by atoms with E-state index in [2.05, 4.69) is 11.1 Å². The molecule has 98 valence electrons. The standard InChI is InChI=1S/C16H11ClN2O/c17-16-14(20-12-4-2-1-3-5-12)7-6-13-15(16)11(8-9-18)10-19-13/h1-7,10,19H,8H2. The molecule has 1 aromatic heterocycles. The molecule has 4 heteroatoms. The zero-order valence-corrected chi connectivity index (χ0v) is 11.3. The van der Waals surface area contributed by atoms with Crippen LogP contribution in [-0.4, -0.2) is 4.98 Å². The van der Waals surface area contributed by atoms with Crippen LogP contribution in [0.5, 0.6) is 11.5 Å². The van der Waals surface area contributed by atoms with E-state index in [1.165, 1.54) is 0 Å². The van der Waals surface area contributed by atoms with Crippen molar-refractivity contribution in [1.82, 2.24) is 4.98 Å². The van der Waals surface area contributed by atoms with Gasteiger partial charge in [0.1, 0.15) is 11.5 Å². The van der Waals surface area contributed by atoms with Crippen molar-refractivity contribution in [2.24, 2.45) is 0 Å². The molecule has 1 heterocycles. The first-order valence-corrected chi connectivity index (χ1v) is 6.55. The first-order chi connectivity index (χ1) is 9.79. The SMILES string of the molecule is N#CCc1c[nH]c2ccc(Oc3ccccc3)c(Cl)c12. The van der Waals surface area contributed by atoms with Crippen molar-refractivity contribution in [3.63, 3.8) is 0 Å². The molecule has 0 bridgehead atoms. The van der Waals surface area contributed by atoms with Crippen LogP contribution in [0.3, 0.4) is 0 Å². The van der Waals surface area contributed by atoms with Crippen molar-refractivity contribution in [3.05, 3.63) is 59.2 Å². The minimum absolute atomic E-state index is 0.314. The van der Waals surface area contributed by atoms with E-state index >= 15 is 0 Å². The fourth-order valence-electron chi connectivity index (χ4n) is 2.15. The largest absolute Gasteiger partial charge is 0.456 e. The number of para-hydroxylation sites is 1. The third kappa shape index (κ3) is 2.22. The number of ether oxygens (including phenoxy) is 1. The molecule has 0 unspecified atom stereocenters. The van der Waals surface area contributed by atoms with Gasteiger partial charge in [0.05, 0.1) is 17.5 Å². The van der Waals surface area contributed by atoms with Crippen molar-refractivity contribution < 1.29 is 4.74 Å². The van der Waals surface area contributed by atoms with Crippen molar-refractivity contribution in [1.29, 1.82) is 5.26 Å². The second-order valence-electron chi connectivity index (χ2n) is 4.36. The lowest BCUT2D eigenvalue weighted by Gasteiger charge is -2.08. The van der Waals surface area contributed by atoms with Crippen molar-refractivity contribution in [2.45, 2.75) is 6.42 Å². The summed E-state index contributed by atoms with van der Waals surface area (Å²) >= 11 is 6.42. The summed E-state index contributed by atoms with van der Waals surface area (Å²) < 4.78 is 5.79. The Balaban J connectivity index is 2.06. The van der Waals surface area contributed by atoms with Gasteiger partial charge in [-0.2, -0.15) is 5.26 Å². The van der Waals surface area contributed by atoms with Crippen LogP contribution in [0, 0.1) is 11.3 Å². The number of nitrogens with one attached hydrogen (secondary N) is 1. The number of benzene rings is 2. The third-order valence-corrected chi connectivity index (χ3v) is 3.45. The Morgan fingerprint density at radius 1 is 1.15 bits per heavy atom. The fraction of sp³-hybridized carbons (Fsp3) is 0.0625. The first kappa shape index (κ1) is 12.6. The highest BCUT2D eigenvalue weighted by molar-refractivity contribution is 6.37. The summed E-state index contributed by atoms with van der Waals surface area (Å²) in [5, 5.41) is 10.2. The Kier molecular flexibility index (Phi) is 3.32. The van der Waals surface area contributed by atoms with Gasteiger partial charge in [-0.05, 0) is 29.8 Å². The smallest absolute Gasteiger partial charge is 0.146 e. The number of H-pyrrole nitrogens is 1. The summed E-state index contributed by atoms with van der Waals surface area (Å²) in [4.78, 5) is 3.11. The lowest BCUT2D eigenvalue weighted by atomic mass is 10.1. The summed E-state index contributed by atoms with van der Waals surface area (Å²) in [6.07, 6.45) is 2.13. The average Bonchev–Trinajstić information content (AvgIpc) is 2.88. The summed E-state index contributed by atoms with van der Waals surface area (Å²) in [6, 6.07) is 15.3. The van der Waals surface area contributed by atoms with Gasteiger partial charge >= 0.3 is 0 Å². The maximum absolute atomic E-state index is 8.85. The zero-order valence-electron chi connectivity index (χ0n) is 10.6. The van der Waals surface area contributed by atoms with Gasteiger partial charge in [-0.3, -0.25) is 0 Å².